The summed E-state index contributed by atoms with van der Waals surface area (Å²) in [5, 5.41) is 0. The average Bonchev–Trinajstić information content (AvgIpc) is 2.47. The molecule has 72 valence electrons. The lowest BCUT2D eigenvalue weighted by Gasteiger charge is -2.38. The van der Waals surface area contributed by atoms with E-state index in [2.05, 4.69) is 41.4 Å². The Kier molecular flexibility index (Phi) is 1.91. The molecule has 13 heavy (non-hydrogen) atoms. The highest BCUT2D eigenvalue weighted by molar-refractivity contribution is 4.97. The zero-order valence-electron chi connectivity index (χ0n) is 8.62. The van der Waals surface area contributed by atoms with Crippen LogP contribution < -0.4 is 0 Å². The zero-order valence-corrected chi connectivity index (χ0v) is 8.62. The number of fused-ring (bicyclic) bond motifs is 1. The monoisotopic (exact) mass is 179 g/mol. The minimum absolute atomic E-state index is 0.266. The molecule has 0 bridgehead atoms. The van der Waals surface area contributed by atoms with Crippen molar-refractivity contribution in [1.82, 2.24) is 14.5 Å². The first-order valence-corrected chi connectivity index (χ1v) is 4.82. The number of nitrogens with zero attached hydrogens (tertiary/aromatic N) is 3. The number of hydrogen-bond donors (Lipinski definition) is 0. The first-order valence-electron chi connectivity index (χ1n) is 4.82. The number of imidazole rings is 1. The summed E-state index contributed by atoms with van der Waals surface area (Å²) < 4.78 is 2.23. The second-order valence-electron chi connectivity index (χ2n) is 4.64. The van der Waals surface area contributed by atoms with Crippen molar-refractivity contribution in [2.45, 2.75) is 39.4 Å². The highest BCUT2D eigenvalue weighted by Gasteiger charge is 2.25. The van der Waals surface area contributed by atoms with E-state index < -0.39 is 0 Å². The fourth-order valence-electron chi connectivity index (χ4n) is 1.73. The lowest BCUT2D eigenvalue weighted by molar-refractivity contribution is 0.0818. The smallest absolute Gasteiger partial charge is 0.111 e. The van der Waals surface area contributed by atoms with Gasteiger partial charge < -0.3 is 4.57 Å². The molecule has 0 aliphatic carbocycles. The summed E-state index contributed by atoms with van der Waals surface area (Å²) in [4.78, 5) is 6.78. The van der Waals surface area contributed by atoms with Gasteiger partial charge in [0.05, 0.1) is 6.67 Å². The summed E-state index contributed by atoms with van der Waals surface area (Å²) in [5.74, 6) is 1.22. The highest BCUT2D eigenvalue weighted by atomic mass is 15.3. The summed E-state index contributed by atoms with van der Waals surface area (Å²) in [6.45, 7) is 8.89. The molecule has 0 atom stereocenters. The fraction of sp³-hybridized carbons (Fsp3) is 0.700. The summed E-state index contributed by atoms with van der Waals surface area (Å²) in [6.07, 6.45) is 5.03. The summed E-state index contributed by atoms with van der Waals surface area (Å²) in [7, 11) is 0. The van der Waals surface area contributed by atoms with E-state index in [4.69, 9.17) is 0 Å². The van der Waals surface area contributed by atoms with Crippen LogP contribution in [0.5, 0.6) is 0 Å². The van der Waals surface area contributed by atoms with Gasteiger partial charge in [0.25, 0.3) is 0 Å². The van der Waals surface area contributed by atoms with Gasteiger partial charge in [-0.3, -0.25) is 4.90 Å². The molecular formula is C10H17N3. The van der Waals surface area contributed by atoms with Gasteiger partial charge in [-0.25, -0.2) is 4.98 Å². The van der Waals surface area contributed by atoms with Crippen molar-refractivity contribution in [2.75, 3.05) is 6.54 Å². The predicted molar refractivity (Wildman–Crippen MR) is 52.4 cm³/mol. The third kappa shape index (κ3) is 1.61. The maximum atomic E-state index is 4.31. The van der Waals surface area contributed by atoms with Crippen LogP contribution >= 0.6 is 0 Å². The van der Waals surface area contributed by atoms with Crippen molar-refractivity contribution in [3.05, 3.63) is 18.2 Å². The van der Waals surface area contributed by atoms with Crippen LogP contribution in [-0.4, -0.2) is 26.5 Å². The molecule has 2 heterocycles. The largest absolute Gasteiger partial charge is 0.321 e. The molecule has 0 unspecified atom stereocenters. The molecule has 1 aromatic heterocycles. The lowest BCUT2D eigenvalue weighted by Crippen LogP contribution is -2.46. The van der Waals surface area contributed by atoms with Crippen molar-refractivity contribution < 1.29 is 0 Å². The Labute approximate surface area is 79.4 Å². The van der Waals surface area contributed by atoms with Crippen LogP contribution in [0.1, 0.15) is 26.6 Å². The Balaban J connectivity index is 2.18. The minimum Gasteiger partial charge on any atom is -0.321 e. The molecule has 2 rings (SSSR count). The number of aromatic nitrogens is 2. The van der Waals surface area contributed by atoms with E-state index in [1.165, 1.54) is 5.82 Å². The molecule has 0 radical (unpaired) electrons. The van der Waals surface area contributed by atoms with Crippen LogP contribution in [0.2, 0.25) is 0 Å². The van der Waals surface area contributed by atoms with Gasteiger partial charge in [0.1, 0.15) is 5.82 Å². The molecule has 0 amide bonds. The van der Waals surface area contributed by atoms with Gasteiger partial charge in [0.2, 0.25) is 0 Å². The molecule has 0 spiro atoms. The number of rotatable bonds is 0. The first-order chi connectivity index (χ1) is 6.07. The minimum atomic E-state index is 0.266. The second kappa shape index (κ2) is 2.84. The van der Waals surface area contributed by atoms with E-state index in [1.54, 1.807) is 0 Å². The van der Waals surface area contributed by atoms with Gasteiger partial charge in [-0.2, -0.15) is 0 Å². The molecule has 1 aromatic rings. The standard InChI is InChI=1S/C10H17N3/c1-10(2,3)13-6-4-9-11-5-7-12(9)8-13/h5,7H,4,6,8H2,1-3H3. The van der Waals surface area contributed by atoms with Crippen molar-refractivity contribution in [3.8, 4) is 0 Å². The second-order valence-corrected chi connectivity index (χ2v) is 4.64. The molecule has 0 aromatic carbocycles. The zero-order chi connectivity index (χ0) is 9.47. The van der Waals surface area contributed by atoms with Crippen molar-refractivity contribution >= 4 is 0 Å². The van der Waals surface area contributed by atoms with Crippen LogP contribution in [-0.2, 0) is 13.1 Å². The normalized spacial score (nSPS) is 18.7. The van der Waals surface area contributed by atoms with Crippen LogP contribution in [0, 0.1) is 0 Å². The Bertz CT molecular complexity index is 295. The van der Waals surface area contributed by atoms with E-state index in [-0.39, 0.29) is 5.54 Å². The van der Waals surface area contributed by atoms with Crippen molar-refractivity contribution in [1.29, 1.82) is 0 Å². The van der Waals surface area contributed by atoms with Crippen LogP contribution in [0.3, 0.4) is 0 Å². The van der Waals surface area contributed by atoms with Crippen LogP contribution in [0.15, 0.2) is 12.4 Å². The maximum absolute atomic E-state index is 4.31. The van der Waals surface area contributed by atoms with E-state index in [0.717, 1.165) is 19.6 Å². The van der Waals surface area contributed by atoms with E-state index in [1.807, 2.05) is 6.20 Å². The Morgan fingerprint density at radius 3 is 2.85 bits per heavy atom. The molecule has 0 N–H and O–H groups in total. The van der Waals surface area contributed by atoms with Crippen molar-refractivity contribution in [3.63, 3.8) is 0 Å². The van der Waals surface area contributed by atoms with Crippen LogP contribution in [0.4, 0.5) is 0 Å². The number of hydrogen-bond acceptors (Lipinski definition) is 2. The molecule has 1 aliphatic heterocycles. The van der Waals surface area contributed by atoms with E-state index >= 15 is 0 Å². The molecule has 3 nitrogen and oxygen atoms in total. The predicted octanol–water partition coefficient (Wildman–Crippen LogP) is 1.50. The van der Waals surface area contributed by atoms with E-state index in [0.29, 0.717) is 0 Å². The molecule has 0 saturated heterocycles. The first kappa shape index (κ1) is 8.75. The van der Waals surface area contributed by atoms with Gasteiger partial charge in [-0.1, -0.05) is 0 Å². The lowest BCUT2D eigenvalue weighted by atomic mass is 10.1. The Morgan fingerprint density at radius 1 is 1.38 bits per heavy atom. The molecule has 1 aliphatic rings. The molecule has 3 heteroatoms. The third-order valence-corrected chi connectivity index (χ3v) is 2.68. The van der Waals surface area contributed by atoms with E-state index in [9.17, 15) is 0 Å². The van der Waals surface area contributed by atoms with Gasteiger partial charge in [0.15, 0.2) is 0 Å². The van der Waals surface area contributed by atoms with Gasteiger partial charge in [0, 0.05) is 30.9 Å². The van der Waals surface area contributed by atoms with Gasteiger partial charge in [-0.05, 0) is 20.8 Å². The fourth-order valence-corrected chi connectivity index (χ4v) is 1.73. The Morgan fingerprint density at radius 2 is 2.15 bits per heavy atom. The highest BCUT2D eigenvalue weighted by Crippen LogP contribution is 2.19. The quantitative estimate of drug-likeness (QED) is 0.601. The SMILES string of the molecule is CC(C)(C)N1CCc2nccn2C1. The summed E-state index contributed by atoms with van der Waals surface area (Å²) >= 11 is 0. The Hall–Kier alpha value is -0.830. The molecule has 0 saturated carbocycles. The third-order valence-electron chi connectivity index (χ3n) is 2.68. The van der Waals surface area contributed by atoms with Gasteiger partial charge in [-0.15, -0.1) is 0 Å². The van der Waals surface area contributed by atoms with Crippen molar-refractivity contribution in [2.24, 2.45) is 0 Å². The molecule has 0 fully saturated rings. The average molecular weight is 179 g/mol. The van der Waals surface area contributed by atoms with Crippen LogP contribution in [0.25, 0.3) is 0 Å². The summed E-state index contributed by atoms with van der Waals surface area (Å²) in [5.41, 5.74) is 0.266. The topological polar surface area (TPSA) is 21.1 Å². The summed E-state index contributed by atoms with van der Waals surface area (Å²) in [6, 6.07) is 0. The molecular weight excluding hydrogens is 162 g/mol. The maximum Gasteiger partial charge on any atom is 0.111 e. The van der Waals surface area contributed by atoms with Gasteiger partial charge >= 0.3 is 0 Å².